The minimum absolute atomic E-state index is 0.267. The van der Waals surface area contributed by atoms with Gasteiger partial charge in [0.15, 0.2) is 0 Å². The van der Waals surface area contributed by atoms with Crippen LogP contribution >= 0.6 is 11.3 Å². The van der Waals surface area contributed by atoms with Crippen molar-refractivity contribution in [1.29, 1.82) is 0 Å². The molecule has 1 atom stereocenters. The van der Waals surface area contributed by atoms with Crippen molar-refractivity contribution in [3.05, 3.63) is 40.2 Å². The molecule has 0 aliphatic carbocycles. The van der Waals surface area contributed by atoms with Crippen molar-refractivity contribution in [2.24, 2.45) is 0 Å². The molecule has 1 aromatic carbocycles. The predicted octanol–water partition coefficient (Wildman–Crippen LogP) is 3.62. The molecule has 2 nitrogen and oxygen atoms in total. The lowest BCUT2D eigenvalue weighted by Crippen LogP contribution is -1.88. The lowest BCUT2D eigenvalue weighted by Gasteiger charge is -2.01. The van der Waals surface area contributed by atoms with Crippen LogP contribution in [0, 0.1) is 19.7 Å². The molecular weight excluding hydrogens is 237 g/mol. The van der Waals surface area contributed by atoms with Crippen LogP contribution in [0.3, 0.4) is 0 Å². The van der Waals surface area contributed by atoms with E-state index in [0.29, 0.717) is 0 Å². The second-order valence-corrected chi connectivity index (χ2v) is 5.13. The van der Waals surface area contributed by atoms with Crippen LogP contribution in [0.15, 0.2) is 18.2 Å². The third-order valence-electron chi connectivity index (χ3n) is 2.64. The molecule has 0 aliphatic rings. The van der Waals surface area contributed by atoms with Crippen LogP contribution in [0.1, 0.15) is 29.2 Å². The molecule has 0 saturated heterocycles. The maximum Gasteiger partial charge on any atom is 0.124 e. The molecule has 0 fully saturated rings. The maximum absolute atomic E-state index is 13.2. The smallest absolute Gasteiger partial charge is 0.124 e. The summed E-state index contributed by atoms with van der Waals surface area (Å²) < 4.78 is 13.2. The average Bonchev–Trinajstić information content (AvgIpc) is 2.64. The topological polar surface area (TPSA) is 33.1 Å². The third-order valence-corrected chi connectivity index (χ3v) is 4.00. The molecule has 17 heavy (non-hydrogen) atoms. The van der Waals surface area contributed by atoms with Crippen molar-refractivity contribution in [2.45, 2.75) is 26.9 Å². The summed E-state index contributed by atoms with van der Waals surface area (Å²) in [6.45, 7) is 5.49. The molecular formula is C13H14FNOS. The summed E-state index contributed by atoms with van der Waals surface area (Å²) in [7, 11) is 0. The monoisotopic (exact) mass is 251 g/mol. The van der Waals surface area contributed by atoms with E-state index in [1.54, 1.807) is 13.0 Å². The van der Waals surface area contributed by atoms with Crippen molar-refractivity contribution in [3.63, 3.8) is 0 Å². The molecule has 0 radical (unpaired) electrons. The third kappa shape index (κ3) is 2.37. The van der Waals surface area contributed by atoms with E-state index in [2.05, 4.69) is 4.98 Å². The largest absolute Gasteiger partial charge is 0.388 e. The fraction of sp³-hybridized carbons (Fsp3) is 0.308. The van der Waals surface area contributed by atoms with Gasteiger partial charge in [-0.3, -0.25) is 0 Å². The molecule has 1 N–H and O–H groups in total. The average molecular weight is 251 g/mol. The van der Waals surface area contributed by atoms with Gasteiger partial charge in [-0.25, -0.2) is 9.37 Å². The van der Waals surface area contributed by atoms with Gasteiger partial charge < -0.3 is 5.11 Å². The standard InChI is InChI=1S/C13H14FNOS/c1-7-4-5-10(14)6-11(7)13-15-8(2)12(17-13)9(3)16/h4-6,9,16H,1-3H3. The lowest BCUT2D eigenvalue weighted by atomic mass is 10.1. The van der Waals surface area contributed by atoms with Crippen molar-refractivity contribution < 1.29 is 9.50 Å². The number of thiazole rings is 1. The summed E-state index contributed by atoms with van der Waals surface area (Å²) in [5.74, 6) is -0.267. The Morgan fingerprint density at radius 2 is 2.06 bits per heavy atom. The second-order valence-electron chi connectivity index (χ2n) is 4.10. The number of aromatic nitrogens is 1. The number of rotatable bonds is 2. The second kappa shape index (κ2) is 4.55. The predicted molar refractivity (Wildman–Crippen MR) is 67.6 cm³/mol. The Morgan fingerprint density at radius 3 is 2.65 bits per heavy atom. The van der Waals surface area contributed by atoms with E-state index in [1.807, 2.05) is 13.8 Å². The van der Waals surface area contributed by atoms with Gasteiger partial charge in [0.2, 0.25) is 0 Å². The van der Waals surface area contributed by atoms with Gasteiger partial charge in [0.1, 0.15) is 10.8 Å². The Kier molecular flexibility index (Phi) is 3.26. The summed E-state index contributed by atoms with van der Waals surface area (Å²) in [5, 5.41) is 10.3. The van der Waals surface area contributed by atoms with E-state index in [0.717, 1.165) is 26.7 Å². The summed E-state index contributed by atoms with van der Waals surface area (Å²) in [6, 6.07) is 4.66. The van der Waals surface area contributed by atoms with Crippen LogP contribution in [-0.4, -0.2) is 10.1 Å². The molecule has 2 aromatic rings. The number of benzene rings is 1. The van der Waals surface area contributed by atoms with Crippen LogP contribution in [0.2, 0.25) is 0 Å². The van der Waals surface area contributed by atoms with Gasteiger partial charge in [0.05, 0.1) is 16.7 Å². The summed E-state index contributed by atoms with van der Waals surface area (Å²) in [6.07, 6.45) is -0.532. The van der Waals surface area contributed by atoms with Gasteiger partial charge in [-0.15, -0.1) is 11.3 Å². The van der Waals surface area contributed by atoms with Gasteiger partial charge in [-0.2, -0.15) is 0 Å². The van der Waals surface area contributed by atoms with E-state index in [4.69, 9.17) is 0 Å². The number of aliphatic hydroxyl groups excluding tert-OH is 1. The first kappa shape index (κ1) is 12.2. The Bertz CT molecular complexity index is 548. The van der Waals surface area contributed by atoms with Crippen LogP contribution < -0.4 is 0 Å². The minimum atomic E-state index is -0.532. The van der Waals surface area contributed by atoms with Crippen LogP contribution in [0.25, 0.3) is 10.6 Å². The molecule has 0 spiro atoms. The van der Waals surface area contributed by atoms with Gasteiger partial charge in [-0.05, 0) is 38.5 Å². The molecule has 1 heterocycles. The van der Waals surface area contributed by atoms with Crippen molar-refractivity contribution in [3.8, 4) is 10.6 Å². The summed E-state index contributed by atoms with van der Waals surface area (Å²) in [4.78, 5) is 5.23. The molecule has 0 aliphatic heterocycles. The molecule has 0 saturated carbocycles. The zero-order valence-electron chi connectivity index (χ0n) is 9.99. The fourth-order valence-electron chi connectivity index (χ4n) is 1.74. The van der Waals surface area contributed by atoms with Crippen LogP contribution in [-0.2, 0) is 0 Å². The highest BCUT2D eigenvalue weighted by atomic mass is 32.1. The van der Waals surface area contributed by atoms with E-state index >= 15 is 0 Å². The first-order chi connectivity index (χ1) is 7.99. The Balaban J connectivity index is 2.53. The van der Waals surface area contributed by atoms with E-state index < -0.39 is 6.10 Å². The van der Waals surface area contributed by atoms with Gasteiger partial charge in [0, 0.05) is 5.56 Å². The highest BCUT2D eigenvalue weighted by Crippen LogP contribution is 2.33. The number of hydrogen-bond donors (Lipinski definition) is 1. The Labute approximate surface area is 104 Å². The molecule has 4 heteroatoms. The van der Waals surface area contributed by atoms with Gasteiger partial charge >= 0.3 is 0 Å². The minimum Gasteiger partial charge on any atom is -0.388 e. The number of aryl methyl sites for hydroxylation is 2. The highest BCUT2D eigenvalue weighted by Gasteiger charge is 2.14. The van der Waals surface area contributed by atoms with E-state index in [1.165, 1.54) is 23.5 Å². The van der Waals surface area contributed by atoms with E-state index in [-0.39, 0.29) is 5.82 Å². The SMILES string of the molecule is Cc1ccc(F)cc1-c1nc(C)c(C(C)O)s1. The van der Waals surface area contributed by atoms with Crippen molar-refractivity contribution >= 4 is 11.3 Å². The number of nitrogens with zero attached hydrogens (tertiary/aromatic N) is 1. The molecule has 1 aromatic heterocycles. The Hall–Kier alpha value is -1.26. The number of aliphatic hydroxyl groups is 1. The highest BCUT2D eigenvalue weighted by molar-refractivity contribution is 7.15. The van der Waals surface area contributed by atoms with Crippen LogP contribution in [0.5, 0.6) is 0 Å². The Morgan fingerprint density at radius 1 is 1.35 bits per heavy atom. The first-order valence-electron chi connectivity index (χ1n) is 5.41. The normalized spacial score (nSPS) is 12.8. The first-order valence-corrected chi connectivity index (χ1v) is 6.22. The molecule has 1 unspecified atom stereocenters. The molecule has 0 bridgehead atoms. The molecule has 0 amide bonds. The summed E-state index contributed by atoms with van der Waals surface area (Å²) in [5.41, 5.74) is 2.59. The fourth-order valence-corrected chi connectivity index (χ4v) is 2.82. The molecule has 2 rings (SSSR count). The zero-order valence-corrected chi connectivity index (χ0v) is 10.8. The quantitative estimate of drug-likeness (QED) is 0.884. The van der Waals surface area contributed by atoms with Crippen molar-refractivity contribution in [2.75, 3.05) is 0 Å². The molecule has 90 valence electrons. The lowest BCUT2D eigenvalue weighted by molar-refractivity contribution is 0.202. The summed E-state index contributed by atoms with van der Waals surface area (Å²) >= 11 is 1.42. The van der Waals surface area contributed by atoms with Gasteiger partial charge in [-0.1, -0.05) is 6.07 Å². The number of halogens is 1. The number of hydrogen-bond acceptors (Lipinski definition) is 3. The van der Waals surface area contributed by atoms with Crippen LogP contribution in [0.4, 0.5) is 4.39 Å². The van der Waals surface area contributed by atoms with Gasteiger partial charge in [0.25, 0.3) is 0 Å². The maximum atomic E-state index is 13.2. The van der Waals surface area contributed by atoms with Crippen molar-refractivity contribution in [1.82, 2.24) is 4.98 Å². The van der Waals surface area contributed by atoms with E-state index in [9.17, 15) is 9.50 Å². The zero-order chi connectivity index (χ0) is 12.6.